The minimum atomic E-state index is -0.423. The Labute approximate surface area is 146 Å². The van der Waals surface area contributed by atoms with E-state index in [0.717, 1.165) is 37.3 Å². The van der Waals surface area contributed by atoms with Crippen molar-refractivity contribution in [2.75, 3.05) is 12.0 Å². The number of anilines is 1. The van der Waals surface area contributed by atoms with Gasteiger partial charge in [-0.1, -0.05) is 6.07 Å². The van der Waals surface area contributed by atoms with E-state index < -0.39 is 4.92 Å². The molecule has 1 aliphatic heterocycles. The molecule has 0 amide bonds. The number of nitrogens with zero attached hydrogens (tertiary/aromatic N) is 3. The van der Waals surface area contributed by atoms with Crippen LogP contribution < -0.4 is 5.43 Å². The lowest BCUT2D eigenvalue weighted by molar-refractivity contribution is -0.384. The van der Waals surface area contributed by atoms with Crippen molar-refractivity contribution in [3.63, 3.8) is 0 Å². The molecule has 25 heavy (non-hydrogen) atoms. The lowest BCUT2D eigenvalue weighted by atomic mass is 10.2. The highest BCUT2D eigenvalue weighted by Crippen LogP contribution is 2.20. The number of nitro groups is 1. The van der Waals surface area contributed by atoms with E-state index in [2.05, 4.69) is 35.0 Å². The molecule has 1 aliphatic rings. The maximum atomic E-state index is 10.8. The number of non-ortho nitro benzene ring substituents is 1. The number of aryl methyl sites for hydroxylation is 1. The van der Waals surface area contributed by atoms with Crippen LogP contribution in [0.2, 0.25) is 0 Å². The third-order valence-electron chi connectivity index (χ3n) is 4.48. The average molecular weight is 342 g/mol. The van der Waals surface area contributed by atoms with Crippen LogP contribution in [0.4, 0.5) is 11.4 Å². The predicted octanol–water partition coefficient (Wildman–Crippen LogP) is 3.64. The van der Waals surface area contributed by atoms with Gasteiger partial charge >= 0.3 is 0 Å². The largest absolute Gasteiger partial charge is 0.376 e. The van der Waals surface area contributed by atoms with Gasteiger partial charge in [-0.15, -0.1) is 0 Å². The molecule has 0 radical (unpaired) electrons. The second kappa shape index (κ2) is 7.48. The fraction of sp³-hybridized carbons (Fsp3) is 0.389. The summed E-state index contributed by atoms with van der Waals surface area (Å²) in [6, 6.07) is 8.36. The highest BCUT2D eigenvalue weighted by atomic mass is 16.6. The number of hydrogen-bond donors (Lipinski definition) is 1. The van der Waals surface area contributed by atoms with Crippen molar-refractivity contribution in [3.8, 4) is 0 Å². The highest BCUT2D eigenvalue weighted by Gasteiger charge is 2.18. The summed E-state index contributed by atoms with van der Waals surface area (Å²) >= 11 is 0. The summed E-state index contributed by atoms with van der Waals surface area (Å²) < 4.78 is 7.98. The second-order valence-electron chi connectivity index (χ2n) is 6.25. The van der Waals surface area contributed by atoms with E-state index in [1.165, 1.54) is 17.8 Å². The molecule has 1 fully saturated rings. The Balaban J connectivity index is 1.69. The van der Waals surface area contributed by atoms with E-state index in [9.17, 15) is 10.1 Å². The molecule has 0 saturated carbocycles. The number of hydrazone groups is 1. The Morgan fingerprint density at radius 3 is 3.00 bits per heavy atom. The molecule has 1 aromatic heterocycles. The van der Waals surface area contributed by atoms with E-state index in [1.807, 2.05) is 0 Å². The summed E-state index contributed by atoms with van der Waals surface area (Å²) in [5.41, 5.74) is 6.80. The molecular weight excluding hydrogens is 320 g/mol. The van der Waals surface area contributed by atoms with Gasteiger partial charge in [-0.2, -0.15) is 5.10 Å². The molecule has 0 bridgehead atoms. The van der Waals surface area contributed by atoms with E-state index in [-0.39, 0.29) is 11.8 Å². The monoisotopic (exact) mass is 342 g/mol. The molecule has 0 unspecified atom stereocenters. The molecule has 1 saturated heterocycles. The molecule has 1 atom stereocenters. The van der Waals surface area contributed by atoms with Gasteiger partial charge in [0.1, 0.15) is 0 Å². The van der Waals surface area contributed by atoms with Crippen molar-refractivity contribution in [2.45, 2.75) is 39.3 Å². The predicted molar refractivity (Wildman–Crippen MR) is 97.2 cm³/mol. The fourth-order valence-electron chi connectivity index (χ4n) is 3.10. The van der Waals surface area contributed by atoms with Crippen LogP contribution in [0, 0.1) is 24.0 Å². The number of hydrogen-bond acceptors (Lipinski definition) is 5. The lowest BCUT2D eigenvalue weighted by Crippen LogP contribution is -2.16. The van der Waals surface area contributed by atoms with Crippen LogP contribution in [-0.2, 0) is 11.3 Å². The average Bonchev–Trinajstić information content (AvgIpc) is 3.19. The first kappa shape index (κ1) is 17.2. The molecule has 3 rings (SSSR count). The smallest absolute Gasteiger partial charge is 0.271 e. The zero-order chi connectivity index (χ0) is 17.8. The number of nitro benzene ring substituents is 1. The second-order valence-corrected chi connectivity index (χ2v) is 6.25. The fourth-order valence-corrected chi connectivity index (χ4v) is 3.10. The van der Waals surface area contributed by atoms with Gasteiger partial charge < -0.3 is 9.30 Å². The summed E-state index contributed by atoms with van der Waals surface area (Å²) in [5.74, 6) is 0. The molecular formula is C18H22N4O3. The van der Waals surface area contributed by atoms with Crippen LogP contribution in [-0.4, -0.2) is 28.4 Å². The van der Waals surface area contributed by atoms with Crippen molar-refractivity contribution >= 4 is 17.6 Å². The van der Waals surface area contributed by atoms with Crippen LogP contribution in [0.25, 0.3) is 0 Å². The van der Waals surface area contributed by atoms with E-state index in [0.29, 0.717) is 5.69 Å². The zero-order valence-corrected chi connectivity index (χ0v) is 14.4. The van der Waals surface area contributed by atoms with Gasteiger partial charge in [0, 0.05) is 42.2 Å². The van der Waals surface area contributed by atoms with E-state index in [1.54, 1.807) is 18.3 Å². The summed E-state index contributed by atoms with van der Waals surface area (Å²) in [7, 11) is 0. The molecule has 0 spiro atoms. The van der Waals surface area contributed by atoms with Crippen LogP contribution in [0.15, 0.2) is 35.4 Å². The molecule has 2 heterocycles. The number of nitrogens with one attached hydrogen (secondary N) is 1. The van der Waals surface area contributed by atoms with Gasteiger partial charge in [0.25, 0.3) is 5.69 Å². The minimum Gasteiger partial charge on any atom is -0.376 e. The Kier molecular flexibility index (Phi) is 5.14. The topological polar surface area (TPSA) is 81.7 Å². The molecule has 132 valence electrons. The van der Waals surface area contributed by atoms with Crippen molar-refractivity contribution in [3.05, 3.63) is 57.4 Å². The molecule has 7 nitrogen and oxygen atoms in total. The third-order valence-corrected chi connectivity index (χ3v) is 4.48. The Morgan fingerprint density at radius 2 is 2.28 bits per heavy atom. The van der Waals surface area contributed by atoms with Crippen molar-refractivity contribution in [1.29, 1.82) is 0 Å². The van der Waals surface area contributed by atoms with Gasteiger partial charge in [-0.25, -0.2) is 0 Å². The van der Waals surface area contributed by atoms with Crippen LogP contribution in [0.1, 0.15) is 29.8 Å². The van der Waals surface area contributed by atoms with E-state index in [4.69, 9.17) is 4.74 Å². The molecule has 1 aromatic carbocycles. The quantitative estimate of drug-likeness (QED) is 0.494. The number of rotatable bonds is 6. The first-order valence-electron chi connectivity index (χ1n) is 8.36. The Morgan fingerprint density at radius 1 is 1.44 bits per heavy atom. The van der Waals surface area contributed by atoms with Gasteiger partial charge in [0.05, 0.1) is 22.9 Å². The SMILES string of the molecule is Cc1cc(/C=N\Nc2cccc([N+](=O)[O-])c2)c(C)n1C[C@H]1CCCO1. The van der Waals surface area contributed by atoms with E-state index >= 15 is 0 Å². The van der Waals surface area contributed by atoms with Gasteiger partial charge in [-0.3, -0.25) is 15.5 Å². The first-order chi connectivity index (χ1) is 12.0. The van der Waals surface area contributed by atoms with Crippen molar-refractivity contribution in [2.24, 2.45) is 5.10 Å². The highest BCUT2D eigenvalue weighted by molar-refractivity contribution is 5.82. The summed E-state index contributed by atoms with van der Waals surface area (Å²) in [4.78, 5) is 10.4. The Bertz CT molecular complexity index is 792. The van der Waals surface area contributed by atoms with Crippen LogP contribution >= 0.6 is 0 Å². The normalized spacial score (nSPS) is 17.3. The Hall–Kier alpha value is -2.67. The first-order valence-corrected chi connectivity index (χ1v) is 8.36. The summed E-state index contributed by atoms with van der Waals surface area (Å²) in [6.07, 6.45) is 4.27. The molecule has 7 heteroatoms. The van der Waals surface area contributed by atoms with Crippen LogP contribution in [0.3, 0.4) is 0 Å². The minimum absolute atomic E-state index is 0.0370. The number of aromatic nitrogens is 1. The maximum Gasteiger partial charge on any atom is 0.271 e. The van der Waals surface area contributed by atoms with Crippen LogP contribution in [0.5, 0.6) is 0 Å². The molecule has 1 N–H and O–H groups in total. The molecule has 0 aliphatic carbocycles. The lowest BCUT2D eigenvalue weighted by Gasteiger charge is -2.14. The molecule has 2 aromatic rings. The standard InChI is InChI=1S/C18H22N4O3/c1-13-9-15(14(2)21(13)12-18-7-4-8-25-18)11-19-20-16-5-3-6-17(10-16)22(23)24/h3,5-6,9-11,18,20H,4,7-8,12H2,1-2H3/b19-11-/t18-/m1/s1. The summed E-state index contributed by atoms with van der Waals surface area (Å²) in [5, 5.41) is 15.0. The third kappa shape index (κ3) is 4.06. The van der Waals surface area contributed by atoms with Crippen molar-refractivity contribution < 1.29 is 9.66 Å². The van der Waals surface area contributed by atoms with Gasteiger partial charge in [0.15, 0.2) is 0 Å². The zero-order valence-electron chi connectivity index (χ0n) is 14.4. The van der Waals surface area contributed by atoms with Gasteiger partial charge in [-0.05, 0) is 38.8 Å². The maximum absolute atomic E-state index is 10.8. The number of ether oxygens (including phenoxy) is 1. The van der Waals surface area contributed by atoms with Crippen molar-refractivity contribution in [1.82, 2.24) is 4.57 Å². The number of benzene rings is 1. The summed E-state index contributed by atoms with van der Waals surface area (Å²) in [6.45, 7) is 5.86. The van der Waals surface area contributed by atoms with Gasteiger partial charge in [0.2, 0.25) is 0 Å².